The largest absolute Gasteiger partial charge is 0.394 e. The second kappa shape index (κ2) is 4.80. The van der Waals surface area contributed by atoms with E-state index in [-0.39, 0.29) is 12.6 Å². The molecule has 2 atom stereocenters. The third-order valence-electron chi connectivity index (χ3n) is 1.86. The summed E-state index contributed by atoms with van der Waals surface area (Å²) in [6.07, 6.45) is 2.98. The number of aliphatic hydroxyl groups excluding tert-OH is 1. The Bertz CT molecular complexity index is 123. The smallest absolute Gasteiger partial charge is 0.0620 e. The van der Waals surface area contributed by atoms with Crippen molar-refractivity contribution in [1.29, 1.82) is 0 Å². The molecular formula is C8H15NOS. The van der Waals surface area contributed by atoms with Gasteiger partial charge in [-0.15, -0.1) is 6.58 Å². The molecule has 0 saturated carbocycles. The third-order valence-corrected chi connectivity index (χ3v) is 3.02. The summed E-state index contributed by atoms with van der Waals surface area (Å²) in [5.74, 6) is 2.41. The van der Waals surface area contributed by atoms with Crippen LogP contribution in [0.4, 0.5) is 0 Å². The fraction of sp³-hybridized carbons (Fsp3) is 0.750. The van der Waals surface area contributed by atoms with E-state index < -0.39 is 0 Å². The van der Waals surface area contributed by atoms with Crippen LogP contribution in [0.1, 0.15) is 6.42 Å². The number of aliphatic hydroxyl groups is 1. The maximum atomic E-state index is 8.85. The number of rotatable bonds is 4. The second-order valence-corrected chi connectivity index (χ2v) is 3.90. The van der Waals surface area contributed by atoms with Crippen molar-refractivity contribution < 1.29 is 5.11 Å². The lowest BCUT2D eigenvalue weighted by atomic mass is 10.2. The molecule has 0 amide bonds. The van der Waals surface area contributed by atoms with Gasteiger partial charge in [0.15, 0.2) is 0 Å². The first kappa shape index (κ1) is 9.10. The van der Waals surface area contributed by atoms with Gasteiger partial charge in [0.1, 0.15) is 0 Å². The highest BCUT2D eigenvalue weighted by Gasteiger charge is 2.16. The molecule has 0 aromatic rings. The van der Waals surface area contributed by atoms with Crippen LogP contribution < -0.4 is 5.32 Å². The molecule has 1 aliphatic heterocycles. The normalized spacial score (nSPS) is 26.8. The number of hydrogen-bond acceptors (Lipinski definition) is 3. The van der Waals surface area contributed by atoms with Gasteiger partial charge in [-0.1, -0.05) is 6.08 Å². The molecule has 1 rings (SSSR count). The molecule has 0 aromatic carbocycles. The van der Waals surface area contributed by atoms with Crippen LogP contribution in [0, 0.1) is 0 Å². The van der Waals surface area contributed by atoms with Crippen LogP contribution in [0.15, 0.2) is 12.7 Å². The summed E-state index contributed by atoms with van der Waals surface area (Å²) < 4.78 is 0. The molecule has 3 heteroatoms. The van der Waals surface area contributed by atoms with Gasteiger partial charge in [-0.2, -0.15) is 11.8 Å². The highest BCUT2D eigenvalue weighted by molar-refractivity contribution is 7.99. The molecule has 0 aromatic heterocycles. The fourth-order valence-electron chi connectivity index (χ4n) is 1.16. The molecule has 0 bridgehead atoms. The Hall–Kier alpha value is 0.0100. The van der Waals surface area contributed by atoms with E-state index in [2.05, 4.69) is 11.9 Å². The fourth-order valence-corrected chi connectivity index (χ4v) is 2.33. The van der Waals surface area contributed by atoms with E-state index in [1.54, 1.807) is 6.08 Å². The molecule has 1 saturated heterocycles. The molecule has 2 N–H and O–H groups in total. The number of thioether (sulfide) groups is 1. The Morgan fingerprint density at radius 3 is 3.09 bits per heavy atom. The zero-order valence-electron chi connectivity index (χ0n) is 6.62. The predicted octanol–water partition coefficient (Wildman–Crippen LogP) is 0.628. The minimum absolute atomic E-state index is 0.0821. The first-order chi connectivity index (χ1) is 5.36. The summed E-state index contributed by atoms with van der Waals surface area (Å²) in [5.41, 5.74) is 0. The van der Waals surface area contributed by atoms with Crippen LogP contribution in [0.25, 0.3) is 0 Å². The summed E-state index contributed by atoms with van der Waals surface area (Å²) in [6, 6.07) is 0.661. The quantitative estimate of drug-likeness (QED) is 0.612. The minimum Gasteiger partial charge on any atom is -0.394 e. The summed E-state index contributed by atoms with van der Waals surface area (Å²) in [4.78, 5) is 0. The SMILES string of the molecule is C=CC(CO)NC1CCSC1. The average Bonchev–Trinajstić information content (AvgIpc) is 2.52. The molecular weight excluding hydrogens is 158 g/mol. The van der Waals surface area contributed by atoms with Gasteiger partial charge in [0.25, 0.3) is 0 Å². The predicted molar refractivity (Wildman–Crippen MR) is 49.9 cm³/mol. The maximum absolute atomic E-state index is 8.85. The highest BCUT2D eigenvalue weighted by atomic mass is 32.2. The third kappa shape index (κ3) is 2.85. The van der Waals surface area contributed by atoms with Crippen molar-refractivity contribution >= 4 is 11.8 Å². The zero-order chi connectivity index (χ0) is 8.10. The van der Waals surface area contributed by atoms with Gasteiger partial charge in [0, 0.05) is 17.8 Å². The van der Waals surface area contributed by atoms with Crippen molar-refractivity contribution in [2.45, 2.75) is 18.5 Å². The Morgan fingerprint density at radius 1 is 1.82 bits per heavy atom. The van der Waals surface area contributed by atoms with Crippen LogP contribution >= 0.6 is 11.8 Å². The van der Waals surface area contributed by atoms with Crippen molar-refractivity contribution in [3.63, 3.8) is 0 Å². The first-order valence-electron chi connectivity index (χ1n) is 3.94. The molecule has 0 aliphatic carbocycles. The summed E-state index contributed by atoms with van der Waals surface area (Å²) in [6.45, 7) is 3.80. The number of hydrogen-bond donors (Lipinski definition) is 2. The molecule has 1 aliphatic rings. The lowest BCUT2D eigenvalue weighted by molar-refractivity contribution is 0.257. The van der Waals surface area contributed by atoms with E-state index in [9.17, 15) is 0 Å². The van der Waals surface area contributed by atoms with E-state index in [1.165, 1.54) is 17.9 Å². The Labute approximate surface area is 72.1 Å². The molecule has 11 heavy (non-hydrogen) atoms. The van der Waals surface area contributed by atoms with E-state index in [4.69, 9.17) is 5.11 Å². The van der Waals surface area contributed by atoms with Gasteiger partial charge in [-0.25, -0.2) is 0 Å². The van der Waals surface area contributed by atoms with Crippen LogP contribution in [-0.2, 0) is 0 Å². The highest BCUT2D eigenvalue weighted by Crippen LogP contribution is 2.17. The van der Waals surface area contributed by atoms with E-state index in [0.717, 1.165) is 0 Å². The van der Waals surface area contributed by atoms with E-state index in [1.807, 2.05) is 11.8 Å². The average molecular weight is 173 g/mol. The van der Waals surface area contributed by atoms with Crippen molar-refractivity contribution in [1.82, 2.24) is 5.32 Å². The summed E-state index contributed by atoms with van der Waals surface area (Å²) >= 11 is 1.97. The van der Waals surface area contributed by atoms with Crippen molar-refractivity contribution in [3.05, 3.63) is 12.7 Å². The van der Waals surface area contributed by atoms with E-state index >= 15 is 0 Å². The van der Waals surface area contributed by atoms with Gasteiger partial charge in [-0.05, 0) is 12.2 Å². The topological polar surface area (TPSA) is 32.3 Å². The molecule has 0 radical (unpaired) electrons. The monoisotopic (exact) mass is 173 g/mol. The summed E-state index contributed by atoms with van der Waals surface area (Å²) in [7, 11) is 0. The van der Waals surface area contributed by atoms with Gasteiger partial charge in [0.2, 0.25) is 0 Å². The second-order valence-electron chi connectivity index (χ2n) is 2.75. The van der Waals surface area contributed by atoms with Crippen LogP contribution in [0.3, 0.4) is 0 Å². The van der Waals surface area contributed by atoms with Gasteiger partial charge in [0.05, 0.1) is 6.61 Å². The first-order valence-corrected chi connectivity index (χ1v) is 5.09. The lowest BCUT2D eigenvalue weighted by Crippen LogP contribution is -2.39. The Morgan fingerprint density at radius 2 is 2.64 bits per heavy atom. The van der Waals surface area contributed by atoms with Crippen molar-refractivity contribution in [2.75, 3.05) is 18.1 Å². The standard InChI is InChI=1S/C8H15NOS/c1-2-7(5-10)9-8-3-4-11-6-8/h2,7-10H,1,3-6H2. The minimum atomic E-state index is 0.0821. The van der Waals surface area contributed by atoms with Crippen LogP contribution in [-0.4, -0.2) is 35.3 Å². The zero-order valence-corrected chi connectivity index (χ0v) is 7.44. The van der Waals surface area contributed by atoms with Gasteiger partial charge in [-0.3, -0.25) is 0 Å². The maximum Gasteiger partial charge on any atom is 0.0620 e. The molecule has 1 fully saturated rings. The summed E-state index contributed by atoms with van der Waals surface area (Å²) in [5, 5.41) is 12.2. The molecule has 2 unspecified atom stereocenters. The van der Waals surface area contributed by atoms with Gasteiger partial charge >= 0.3 is 0 Å². The molecule has 0 spiro atoms. The van der Waals surface area contributed by atoms with Gasteiger partial charge < -0.3 is 10.4 Å². The van der Waals surface area contributed by atoms with Crippen molar-refractivity contribution in [2.24, 2.45) is 0 Å². The Kier molecular flexibility index (Phi) is 3.97. The van der Waals surface area contributed by atoms with Crippen molar-refractivity contribution in [3.8, 4) is 0 Å². The molecule has 2 nitrogen and oxygen atoms in total. The van der Waals surface area contributed by atoms with E-state index in [0.29, 0.717) is 6.04 Å². The lowest BCUT2D eigenvalue weighted by Gasteiger charge is -2.16. The van der Waals surface area contributed by atoms with Crippen LogP contribution in [0.2, 0.25) is 0 Å². The molecule has 1 heterocycles. The number of nitrogens with one attached hydrogen (secondary N) is 1. The van der Waals surface area contributed by atoms with Crippen LogP contribution in [0.5, 0.6) is 0 Å². The Balaban J connectivity index is 2.21. The molecule has 64 valence electrons.